The van der Waals surface area contributed by atoms with E-state index in [0.717, 1.165) is 24.0 Å². The van der Waals surface area contributed by atoms with Crippen molar-refractivity contribution in [2.45, 2.75) is 44.7 Å². The van der Waals surface area contributed by atoms with Crippen LogP contribution in [0.5, 0.6) is 23.0 Å². The lowest BCUT2D eigenvalue weighted by Crippen LogP contribution is -2.49. The van der Waals surface area contributed by atoms with E-state index in [0.29, 0.717) is 54.7 Å². The molecule has 210 valence electrons. The van der Waals surface area contributed by atoms with Crippen LogP contribution in [0.1, 0.15) is 49.8 Å². The van der Waals surface area contributed by atoms with E-state index >= 15 is 0 Å². The van der Waals surface area contributed by atoms with Gasteiger partial charge >= 0.3 is 5.97 Å². The maximum Gasteiger partial charge on any atom is 0.323 e. The van der Waals surface area contributed by atoms with E-state index in [4.69, 9.17) is 28.8 Å². The van der Waals surface area contributed by atoms with Crippen molar-refractivity contribution < 1.29 is 33.3 Å². The summed E-state index contributed by atoms with van der Waals surface area (Å²) in [7, 11) is 6.37. The average molecular weight is 540 g/mol. The summed E-state index contributed by atoms with van der Waals surface area (Å²) in [5.74, 6) is 2.01. The van der Waals surface area contributed by atoms with Gasteiger partial charge < -0.3 is 23.7 Å². The number of rotatable bonds is 10. The number of ether oxygens (including phenoxy) is 5. The number of hydrazone groups is 1. The quantitative estimate of drug-likeness (QED) is 0.421. The Morgan fingerprint density at radius 1 is 0.923 bits per heavy atom. The van der Waals surface area contributed by atoms with E-state index in [2.05, 4.69) is 0 Å². The lowest BCUT2D eigenvalue weighted by Gasteiger charge is -2.34. The molecule has 10 nitrogen and oxygen atoms in total. The number of carbonyl (C=O) groups is 2. The topological polar surface area (TPSA) is 99.1 Å². The second kappa shape index (κ2) is 12.8. The molecule has 1 amide bonds. The van der Waals surface area contributed by atoms with E-state index in [1.807, 2.05) is 35.2 Å². The van der Waals surface area contributed by atoms with Crippen molar-refractivity contribution in [3.8, 4) is 23.0 Å². The number of hydrogen-bond acceptors (Lipinski definition) is 9. The van der Waals surface area contributed by atoms with Crippen LogP contribution in [0.3, 0.4) is 0 Å². The predicted molar refractivity (Wildman–Crippen MR) is 146 cm³/mol. The zero-order chi connectivity index (χ0) is 27.9. The largest absolute Gasteiger partial charge is 0.497 e. The fraction of sp³-hybridized carbons (Fsp3) is 0.483. The Morgan fingerprint density at radius 3 is 2.33 bits per heavy atom. The highest BCUT2D eigenvalue weighted by Gasteiger charge is 2.38. The van der Waals surface area contributed by atoms with Crippen LogP contribution in [0.4, 0.5) is 0 Å². The molecule has 2 aliphatic heterocycles. The molecule has 2 atom stereocenters. The van der Waals surface area contributed by atoms with Gasteiger partial charge in [-0.05, 0) is 56.6 Å². The van der Waals surface area contributed by atoms with Gasteiger partial charge in [0.25, 0.3) is 5.91 Å². The summed E-state index contributed by atoms with van der Waals surface area (Å²) < 4.78 is 27.4. The summed E-state index contributed by atoms with van der Waals surface area (Å²) in [6, 6.07) is 10.1. The zero-order valence-corrected chi connectivity index (χ0v) is 23.3. The van der Waals surface area contributed by atoms with Gasteiger partial charge in [-0.15, -0.1) is 0 Å². The molecule has 2 aromatic carbocycles. The Kier molecular flexibility index (Phi) is 9.29. The minimum atomic E-state index is -0.449. The molecule has 2 heterocycles. The third kappa shape index (κ3) is 6.11. The van der Waals surface area contributed by atoms with Gasteiger partial charge in [0, 0.05) is 23.6 Å². The fourth-order valence-electron chi connectivity index (χ4n) is 5.21. The molecule has 0 aromatic heterocycles. The third-order valence-electron chi connectivity index (χ3n) is 7.19. The van der Waals surface area contributed by atoms with Crippen LogP contribution in [-0.2, 0) is 14.3 Å². The number of nitrogens with zero attached hydrogens (tertiary/aromatic N) is 3. The maximum atomic E-state index is 13.9. The lowest BCUT2D eigenvalue weighted by molar-refractivity contribution is -0.152. The van der Waals surface area contributed by atoms with Crippen LogP contribution in [0.15, 0.2) is 41.5 Å². The number of methoxy groups -OCH3 is 4. The smallest absolute Gasteiger partial charge is 0.323 e. The van der Waals surface area contributed by atoms with Crippen LogP contribution >= 0.6 is 0 Å². The Balaban J connectivity index is 1.71. The van der Waals surface area contributed by atoms with Gasteiger partial charge in [0.1, 0.15) is 29.0 Å². The number of piperidine rings is 1. The number of likely N-dealkylation sites (tertiary alicyclic amines) is 1. The Morgan fingerprint density at radius 2 is 1.64 bits per heavy atom. The highest BCUT2D eigenvalue weighted by Crippen LogP contribution is 2.41. The van der Waals surface area contributed by atoms with Crippen LogP contribution in [0.2, 0.25) is 0 Å². The van der Waals surface area contributed by atoms with E-state index in [9.17, 15) is 9.59 Å². The second-order valence-corrected chi connectivity index (χ2v) is 9.41. The number of esters is 1. The minimum absolute atomic E-state index is 0.0444. The molecule has 0 unspecified atom stereocenters. The molecule has 39 heavy (non-hydrogen) atoms. The predicted octanol–water partition coefficient (Wildman–Crippen LogP) is 3.82. The monoisotopic (exact) mass is 539 g/mol. The summed E-state index contributed by atoms with van der Waals surface area (Å²) in [4.78, 5) is 28.5. The summed E-state index contributed by atoms with van der Waals surface area (Å²) in [5, 5.41) is 6.33. The van der Waals surface area contributed by atoms with Gasteiger partial charge in [-0.3, -0.25) is 14.5 Å². The van der Waals surface area contributed by atoms with Crippen LogP contribution in [-0.4, -0.2) is 81.7 Å². The molecule has 2 aromatic rings. The number of hydrogen-bond donors (Lipinski definition) is 0. The van der Waals surface area contributed by atoms with Gasteiger partial charge in [0.15, 0.2) is 0 Å². The van der Waals surface area contributed by atoms with Crippen LogP contribution in [0, 0.1) is 0 Å². The zero-order valence-electron chi connectivity index (χ0n) is 23.3. The Labute approximate surface area is 229 Å². The fourth-order valence-corrected chi connectivity index (χ4v) is 5.21. The summed E-state index contributed by atoms with van der Waals surface area (Å²) >= 11 is 0. The van der Waals surface area contributed by atoms with E-state index in [1.54, 1.807) is 41.4 Å². The molecular weight excluding hydrogens is 502 g/mol. The van der Waals surface area contributed by atoms with Gasteiger partial charge in [0.2, 0.25) is 0 Å². The molecule has 2 aliphatic rings. The first kappa shape index (κ1) is 28.2. The van der Waals surface area contributed by atoms with Crippen molar-refractivity contribution in [3.05, 3.63) is 47.5 Å². The summed E-state index contributed by atoms with van der Waals surface area (Å²) in [5.41, 5.74) is 2.23. The second-order valence-electron chi connectivity index (χ2n) is 9.41. The van der Waals surface area contributed by atoms with Crippen LogP contribution in [0.25, 0.3) is 0 Å². The first-order valence-corrected chi connectivity index (χ1v) is 13.2. The first-order chi connectivity index (χ1) is 18.9. The van der Waals surface area contributed by atoms with Crippen molar-refractivity contribution >= 4 is 17.6 Å². The minimum Gasteiger partial charge on any atom is -0.497 e. The third-order valence-corrected chi connectivity index (χ3v) is 7.19. The standard InChI is InChI=1S/C29H37N3O7/c1-6-39-29(34)24-9-7-8-14-31(24)18-28(33)32-25(22-15-19(35-2)11-13-26(22)37-4)17-23(30-32)21-12-10-20(36-3)16-27(21)38-5/h10-13,15-16,24-25H,6-9,14,17-18H2,1-5H3/t24-,25+/m1/s1. The summed E-state index contributed by atoms with van der Waals surface area (Å²) in [6.07, 6.45) is 2.92. The van der Waals surface area contributed by atoms with E-state index in [-0.39, 0.29) is 18.4 Å². The normalized spacial score (nSPS) is 19.3. The Bertz CT molecular complexity index is 1220. The number of amides is 1. The molecule has 10 heteroatoms. The molecule has 0 N–H and O–H groups in total. The molecule has 0 spiro atoms. The van der Waals surface area contributed by atoms with Gasteiger partial charge in [-0.1, -0.05) is 6.42 Å². The lowest BCUT2D eigenvalue weighted by atomic mass is 9.96. The number of benzene rings is 2. The van der Waals surface area contributed by atoms with E-state index < -0.39 is 12.1 Å². The Hall–Kier alpha value is -3.79. The van der Waals surface area contributed by atoms with Gasteiger partial charge in [0.05, 0.1) is 53.3 Å². The van der Waals surface area contributed by atoms with Crippen molar-refractivity contribution in [1.29, 1.82) is 0 Å². The molecule has 0 radical (unpaired) electrons. The van der Waals surface area contributed by atoms with Crippen molar-refractivity contribution in [2.75, 3.05) is 48.1 Å². The molecule has 0 bridgehead atoms. The molecule has 0 saturated carbocycles. The van der Waals surface area contributed by atoms with Gasteiger partial charge in [-0.2, -0.15) is 5.10 Å². The van der Waals surface area contributed by atoms with Gasteiger partial charge in [-0.25, -0.2) is 5.01 Å². The summed E-state index contributed by atoms with van der Waals surface area (Å²) in [6.45, 7) is 2.77. The van der Waals surface area contributed by atoms with Crippen molar-refractivity contribution in [1.82, 2.24) is 9.91 Å². The molecule has 0 aliphatic carbocycles. The van der Waals surface area contributed by atoms with E-state index in [1.165, 1.54) is 5.01 Å². The first-order valence-electron chi connectivity index (χ1n) is 13.2. The number of carbonyl (C=O) groups excluding carboxylic acids is 2. The molecule has 1 fully saturated rings. The van der Waals surface area contributed by atoms with Crippen molar-refractivity contribution in [2.24, 2.45) is 5.10 Å². The highest BCUT2D eigenvalue weighted by molar-refractivity contribution is 6.05. The van der Waals surface area contributed by atoms with Crippen LogP contribution < -0.4 is 18.9 Å². The highest BCUT2D eigenvalue weighted by atomic mass is 16.5. The average Bonchev–Trinajstić information content (AvgIpc) is 3.42. The molecule has 1 saturated heterocycles. The van der Waals surface area contributed by atoms with Crippen molar-refractivity contribution in [3.63, 3.8) is 0 Å². The SMILES string of the molecule is CCOC(=O)[C@H]1CCCCN1CC(=O)N1N=C(c2ccc(OC)cc2OC)C[C@H]1c1cc(OC)ccc1OC. The molecular formula is C29H37N3O7. The molecule has 4 rings (SSSR count). The maximum absolute atomic E-state index is 13.9.